The first-order chi connectivity index (χ1) is 13.9. The fourth-order valence-electron chi connectivity index (χ4n) is 3.44. The van der Waals surface area contributed by atoms with Crippen molar-refractivity contribution >= 4 is 11.9 Å². The Labute approximate surface area is 172 Å². The Hall–Kier alpha value is -2.19. The summed E-state index contributed by atoms with van der Waals surface area (Å²) in [5.74, 6) is -0.198. The van der Waals surface area contributed by atoms with E-state index in [-0.39, 0.29) is 24.2 Å². The van der Waals surface area contributed by atoms with Crippen LogP contribution < -0.4 is 10.1 Å². The number of nitrogens with one attached hydrogen (secondary N) is 1. The summed E-state index contributed by atoms with van der Waals surface area (Å²) in [6, 6.07) is 3.90. The second kappa shape index (κ2) is 11.1. The van der Waals surface area contributed by atoms with Gasteiger partial charge in [0.05, 0.1) is 20.8 Å². The molecule has 1 heterocycles. The van der Waals surface area contributed by atoms with Crippen LogP contribution >= 0.6 is 0 Å². The molecule has 1 aliphatic rings. The molecular weight excluding hydrogens is 377 g/mol. The molecular formula is C21H32FN3O4. The van der Waals surface area contributed by atoms with E-state index in [0.29, 0.717) is 12.3 Å². The molecule has 0 unspecified atom stereocenters. The highest BCUT2D eigenvalue weighted by atomic mass is 19.1. The first kappa shape index (κ1) is 23.1. The standard InChI is InChI=1S/C21H32FN3O4/c1-5-15(2)20(21(27)29-4)23-19(26)14-25-10-8-24(9-11-25)13-16-12-17(22)6-7-18(16)28-3/h6-7,12,15,20H,5,8-11,13-14H2,1-4H3,(H,23,26)/t15-,20-/m1/s1. The van der Waals surface area contributed by atoms with Crippen molar-refractivity contribution in [3.8, 4) is 5.75 Å². The normalized spacial score (nSPS) is 17.4. The van der Waals surface area contributed by atoms with E-state index in [1.54, 1.807) is 13.2 Å². The summed E-state index contributed by atoms with van der Waals surface area (Å²) in [5.41, 5.74) is 0.813. The number of carbonyl (C=O) groups is 2. The van der Waals surface area contributed by atoms with Crippen LogP contribution in [0.1, 0.15) is 25.8 Å². The molecule has 0 bridgehead atoms. The molecule has 1 aliphatic heterocycles. The molecule has 0 aromatic heterocycles. The van der Waals surface area contributed by atoms with E-state index in [1.165, 1.54) is 19.2 Å². The number of halogens is 1. The van der Waals surface area contributed by atoms with Gasteiger partial charge in [-0.1, -0.05) is 20.3 Å². The summed E-state index contributed by atoms with van der Waals surface area (Å²) in [4.78, 5) is 28.6. The van der Waals surface area contributed by atoms with E-state index in [9.17, 15) is 14.0 Å². The number of benzene rings is 1. The minimum absolute atomic E-state index is 0.00416. The Balaban J connectivity index is 1.84. The molecule has 0 radical (unpaired) electrons. The van der Waals surface area contributed by atoms with Crippen LogP contribution in [0.3, 0.4) is 0 Å². The second-order valence-corrected chi connectivity index (χ2v) is 7.46. The zero-order chi connectivity index (χ0) is 21.4. The zero-order valence-electron chi connectivity index (χ0n) is 17.7. The summed E-state index contributed by atoms with van der Waals surface area (Å²) in [7, 11) is 2.91. The van der Waals surface area contributed by atoms with E-state index in [4.69, 9.17) is 9.47 Å². The fraction of sp³-hybridized carbons (Fsp3) is 0.619. The summed E-state index contributed by atoms with van der Waals surface area (Å²) >= 11 is 0. The van der Waals surface area contributed by atoms with E-state index in [0.717, 1.165) is 38.2 Å². The van der Waals surface area contributed by atoms with Gasteiger partial charge in [0.25, 0.3) is 0 Å². The Bertz CT molecular complexity index is 693. The Morgan fingerprint density at radius 3 is 2.41 bits per heavy atom. The number of nitrogens with zero attached hydrogens (tertiary/aromatic N) is 2. The van der Waals surface area contributed by atoms with Crippen molar-refractivity contribution in [3.05, 3.63) is 29.6 Å². The predicted molar refractivity (Wildman–Crippen MR) is 108 cm³/mol. The van der Waals surface area contributed by atoms with Gasteiger partial charge in [0.1, 0.15) is 17.6 Å². The van der Waals surface area contributed by atoms with Crippen molar-refractivity contribution in [2.45, 2.75) is 32.9 Å². The maximum Gasteiger partial charge on any atom is 0.328 e. The van der Waals surface area contributed by atoms with Crippen LogP contribution in [-0.4, -0.2) is 74.7 Å². The summed E-state index contributed by atoms with van der Waals surface area (Å²) in [6.07, 6.45) is 0.766. The molecule has 1 amide bonds. The van der Waals surface area contributed by atoms with Crippen molar-refractivity contribution in [2.24, 2.45) is 5.92 Å². The summed E-state index contributed by atoms with van der Waals surface area (Å²) in [5, 5.41) is 2.81. The Morgan fingerprint density at radius 2 is 1.83 bits per heavy atom. The summed E-state index contributed by atoms with van der Waals surface area (Å²) < 4.78 is 23.7. The number of hydrogen-bond donors (Lipinski definition) is 1. The molecule has 0 saturated carbocycles. The van der Waals surface area contributed by atoms with Gasteiger partial charge in [0.2, 0.25) is 5.91 Å². The van der Waals surface area contributed by atoms with Crippen LogP contribution in [0.4, 0.5) is 4.39 Å². The number of hydrogen-bond acceptors (Lipinski definition) is 6. The molecule has 2 rings (SSSR count). The molecule has 1 saturated heterocycles. The predicted octanol–water partition coefficient (Wildman–Crippen LogP) is 1.66. The Morgan fingerprint density at radius 1 is 1.17 bits per heavy atom. The smallest absolute Gasteiger partial charge is 0.328 e. The fourth-order valence-corrected chi connectivity index (χ4v) is 3.44. The van der Waals surface area contributed by atoms with Crippen molar-refractivity contribution in [2.75, 3.05) is 46.9 Å². The number of rotatable bonds is 9. The van der Waals surface area contributed by atoms with Gasteiger partial charge < -0.3 is 14.8 Å². The van der Waals surface area contributed by atoms with Gasteiger partial charge in [-0.2, -0.15) is 0 Å². The maximum atomic E-state index is 13.6. The minimum atomic E-state index is -0.626. The van der Waals surface area contributed by atoms with Gasteiger partial charge >= 0.3 is 5.97 Å². The maximum absolute atomic E-state index is 13.6. The van der Waals surface area contributed by atoms with Gasteiger partial charge in [-0.3, -0.25) is 14.6 Å². The van der Waals surface area contributed by atoms with Crippen molar-refractivity contribution in [1.82, 2.24) is 15.1 Å². The van der Waals surface area contributed by atoms with E-state index < -0.39 is 12.0 Å². The molecule has 2 atom stereocenters. The van der Waals surface area contributed by atoms with Crippen LogP contribution in [0, 0.1) is 11.7 Å². The topological polar surface area (TPSA) is 71.1 Å². The number of amides is 1. The Kier molecular flexibility index (Phi) is 8.85. The number of ether oxygens (including phenoxy) is 2. The van der Waals surface area contributed by atoms with Gasteiger partial charge in [-0.25, -0.2) is 9.18 Å². The highest BCUT2D eigenvalue weighted by molar-refractivity contribution is 5.85. The van der Waals surface area contributed by atoms with Gasteiger partial charge in [0, 0.05) is 38.3 Å². The SMILES string of the molecule is CC[C@@H](C)[C@@H](NC(=O)CN1CCN(Cc2cc(F)ccc2OC)CC1)C(=O)OC. The third-order valence-corrected chi connectivity index (χ3v) is 5.45. The van der Waals surface area contributed by atoms with E-state index in [1.807, 2.05) is 13.8 Å². The van der Waals surface area contributed by atoms with Gasteiger partial charge in [-0.05, 0) is 24.1 Å². The molecule has 1 aromatic rings. The molecule has 0 spiro atoms. The lowest BCUT2D eigenvalue weighted by Crippen LogP contribution is -2.52. The number of carbonyl (C=O) groups excluding carboxylic acids is 2. The highest BCUT2D eigenvalue weighted by Crippen LogP contribution is 2.21. The quantitative estimate of drug-likeness (QED) is 0.626. The first-order valence-electron chi connectivity index (χ1n) is 10.0. The van der Waals surface area contributed by atoms with Crippen LogP contribution in [0.2, 0.25) is 0 Å². The third-order valence-electron chi connectivity index (χ3n) is 5.45. The minimum Gasteiger partial charge on any atom is -0.496 e. The van der Waals surface area contributed by atoms with E-state index >= 15 is 0 Å². The number of piperazine rings is 1. The lowest BCUT2D eigenvalue weighted by molar-refractivity contribution is -0.146. The molecule has 162 valence electrons. The van der Waals surface area contributed by atoms with Crippen LogP contribution in [0.5, 0.6) is 5.75 Å². The van der Waals surface area contributed by atoms with Gasteiger partial charge in [-0.15, -0.1) is 0 Å². The molecule has 29 heavy (non-hydrogen) atoms. The van der Waals surface area contributed by atoms with E-state index in [2.05, 4.69) is 15.1 Å². The monoisotopic (exact) mass is 409 g/mol. The zero-order valence-corrected chi connectivity index (χ0v) is 17.7. The molecule has 1 fully saturated rings. The van der Waals surface area contributed by atoms with Crippen LogP contribution in [0.25, 0.3) is 0 Å². The van der Waals surface area contributed by atoms with Crippen molar-refractivity contribution in [1.29, 1.82) is 0 Å². The molecule has 7 nitrogen and oxygen atoms in total. The molecule has 1 aromatic carbocycles. The highest BCUT2D eigenvalue weighted by Gasteiger charge is 2.28. The van der Waals surface area contributed by atoms with Crippen molar-refractivity contribution in [3.63, 3.8) is 0 Å². The summed E-state index contributed by atoms with van der Waals surface area (Å²) in [6.45, 7) is 7.69. The lowest BCUT2D eigenvalue weighted by atomic mass is 9.99. The van der Waals surface area contributed by atoms with Crippen LogP contribution in [0.15, 0.2) is 18.2 Å². The average molecular weight is 410 g/mol. The lowest BCUT2D eigenvalue weighted by Gasteiger charge is -2.34. The molecule has 1 N–H and O–H groups in total. The number of esters is 1. The second-order valence-electron chi connectivity index (χ2n) is 7.46. The van der Waals surface area contributed by atoms with Crippen LogP contribution in [-0.2, 0) is 20.9 Å². The first-order valence-corrected chi connectivity index (χ1v) is 10.0. The average Bonchev–Trinajstić information content (AvgIpc) is 2.72. The van der Waals surface area contributed by atoms with Crippen molar-refractivity contribution < 1.29 is 23.5 Å². The number of methoxy groups -OCH3 is 2. The molecule has 8 heteroatoms. The van der Waals surface area contributed by atoms with Gasteiger partial charge in [0.15, 0.2) is 0 Å². The molecule has 0 aliphatic carbocycles. The third kappa shape index (κ3) is 6.68. The largest absolute Gasteiger partial charge is 0.496 e.